The first kappa shape index (κ1) is 28.5. The van der Waals surface area contributed by atoms with Crippen LogP contribution in [0, 0.1) is 0 Å². The average molecular weight is 620 g/mol. The molecule has 41 heavy (non-hydrogen) atoms. The van der Waals surface area contributed by atoms with E-state index in [1.165, 1.54) is 28.4 Å². The third kappa shape index (κ3) is 5.76. The predicted molar refractivity (Wildman–Crippen MR) is 153 cm³/mol. The molecular formula is C23H25N9O6S3. The van der Waals surface area contributed by atoms with Gasteiger partial charge in [-0.2, -0.15) is 9.36 Å². The number of hydrogen-bond donors (Lipinski definition) is 5. The van der Waals surface area contributed by atoms with Crippen molar-refractivity contribution in [3.05, 3.63) is 64.0 Å². The molecule has 0 unspecified atom stereocenters. The van der Waals surface area contributed by atoms with Gasteiger partial charge in [0.1, 0.15) is 29.5 Å². The summed E-state index contributed by atoms with van der Waals surface area (Å²) in [5, 5.41) is 29.4. The molecule has 0 spiro atoms. The molecule has 0 saturated carbocycles. The van der Waals surface area contributed by atoms with Crippen LogP contribution in [0.4, 0.5) is 5.13 Å². The molecule has 6 N–H and O–H groups in total. The van der Waals surface area contributed by atoms with Gasteiger partial charge in [-0.3, -0.25) is 19.9 Å². The number of aliphatic carboxylic acids is 1. The van der Waals surface area contributed by atoms with Gasteiger partial charge in [0.2, 0.25) is 11.5 Å². The number of carbonyl (C=O) groups excluding carboxylic acids is 2. The number of fused-ring (bicyclic) bond motifs is 2. The van der Waals surface area contributed by atoms with E-state index in [0.717, 1.165) is 22.4 Å². The van der Waals surface area contributed by atoms with Crippen molar-refractivity contribution in [2.75, 3.05) is 31.2 Å². The number of aliphatic hydroxyl groups is 1. The molecule has 4 aliphatic heterocycles. The van der Waals surface area contributed by atoms with E-state index in [2.05, 4.69) is 25.3 Å². The summed E-state index contributed by atoms with van der Waals surface area (Å²) in [5.74, 6) is -1.39. The molecule has 18 heteroatoms. The van der Waals surface area contributed by atoms with Crippen LogP contribution in [-0.2, 0) is 19.2 Å². The number of carbonyl (C=O) groups is 3. The number of oxime groups is 1. The Morgan fingerprint density at radius 3 is 2.93 bits per heavy atom. The fraction of sp³-hybridized carbons (Fsp3) is 0.304. The van der Waals surface area contributed by atoms with E-state index in [0.29, 0.717) is 17.9 Å². The number of hydrazine groups is 1. The maximum atomic E-state index is 13.1. The highest BCUT2D eigenvalue weighted by Gasteiger charge is 2.54. The molecule has 0 bridgehead atoms. The molecule has 1 aromatic rings. The SMILES string of the molecule is CCO/N=C(\C(=O)N[C@@H]1C(=O)N2C(C(=O)O)=C(/C=C/SC3=CC=C4N(CCO)C=CN4N3)CS[C@@H]12)c1nsc(N)n1. The maximum absolute atomic E-state index is 13.1. The van der Waals surface area contributed by atoms with Crippen molar-refractivity contribution in [1.82, 2.24) is 34.9 Å². The summed E-state index contributed by atoms with van der Waals surface area (Å²) in [6, 6.07) is -0.971. The number of nitrogens with one attached hydrogen (secondary N) is 2. The lowest BCUT2D eigenvalue weighted by atomic mass is 10.0. The highest BCUT2D eigenvalue weighted by Crippen LogP contribution is 2.41. The Bertz CT molecular complexity index is 1440. The van der Waals surface area contributed by atoms with Crippen LogP contribution in [0.1, 0.15) is 12.7 Å². The first-order chi connectivity index (χ1) is 19.8. The van der Waals surface area contributed by atoms with E-state index in [1.807, 2.05) is 34.5 Å². The Hall–Kier alpha value is -4.00. The minimum Gasteiger partial charge on any atom is -0.477 e. The Morgan fingerprint density at radius 2 is 2.22 bits per heavy atom. The number of aromatic nitrogens is 2. The van der Waals surface area contributed by atoms with E-state index >= 15 is 0 Å². The zero-order valence-electron chi connectivity index (χ0n) is 21.5. The van der Waals surface area contributed by atoms with Crippen LogP contribution in [-0.4, -0.2) is 94.8 Å². The third-order valence-corrected chi connectivity index (χ3v) is 8.60. The number of nitrogens with two attached hydrogens (primary N) is 1. The normalized spacial score (nSPS) is 21.8. The van der Waals surface area contributed by atoms with Gasteiger partial charge in [-0.05, 0) is 36.1 Å². The van der Waals surface area contributed by atoms with Crippen LogP contribution >= 0.6 is 35.1 Å². The summed E-state index contributed by atoms with van der Waals surface area (Å²) < 4.78 is 3.99. The minimum absolute atomic E-state index is 0.0267. The first-order valence-electron chi connectivity index (χ1n) is 12.2. The van der Waals surface area contributed by atoms with E-state index in [1.54, 1.807) is 18.4 Å². The predicted octanol–water partition coefficient (Wildman–Crippen LogP) is 0.129. The van der Waals surface area contributed by atoms with Crippen molar-refractivity contribution in [2.45, 2.75) is 18.3 Å². The maximum Gasteiger partial charge on any atom is 0.352 e. The number of amides is 2. The van der Waals surface area contributed by atoms with Crippen molar-refractivity contribution >= 4 is 63.7 Å². The van der Waals surface area contributed by atoms with E-state index < -0.39 is 29.2 Å². The van der Waals surface area contributed by atoms with Gasteiger partial charge in [0.15, 0.2) is 5.13 Å². The van der Waals surface area contributed by atoms with Gasteiger partial charge in [0.25, 0.3) is 11.8 Å². The largest absolute Gasteiger partial charge is 0.477 e. The summed E-state index contributed by atoms with van der Waals surface area (Å²) in [6.07, 6.45) is 9.13. The smallest absolute Gasteiger partial charge is 0.352 e. The molecule has 15 nitrogen and oxygen atoms in total. The highest BCUT2D eigenvalue weighted by atomic mass is 32.2. The Kier molecular flexibility index (Phi) is 8.52. The van der Waals surface area contributed by atoms with Gasteiger partial charge < -0.3 is 31.0 Å². The molecule has 1 saturated heterocycles. The minimum atomic E-state index is -1.24. The topological polar surface area (TPSA) is 199 Å². The van der Waals surface area contributed by atoms with Crippen LogP contribution in [0.15, 0.2) is 63.3 Å². The Labute approximate surface area is 246 Å². The molecule has 1 fully saturated rings. The quantitative estimate of drug-likeness (QED) is 0.127. The number of anilines is 1. The Balaban J connectivity index is 1.26. The van der Waals surface area contributed by atoms with Gasteiger partial charge in [-0.15, -0.1) is 11.8 Å². The molecule has 1 aromatic heterocycles. The average Bonchev–Trinajstić information content (AvgIpc) is 3.57. The summed E-state index contributed by atoms with van der Waals surface area (Å²) in [6.45, 7) is 2.38. The second kappa shape index (κ2) is 12.2. The molecule has 5 heterocycles. The molecular weight excluding hydrogens is 595 g/mol. The van der Waals surface area contributed by atoms with Gasteiger partial charge in [0.05, 0.1) is 11.6 Å². The molecule has 5 rings (SSSR count). The lowest BCUT2D eigenvalue weighted by molar-refractivity contribution is -0.150. The van der Waals surface area contributed by atoms with Crippen molar-refractivity contribution in [2.24, 2.45) is 5.16 Å². The number of carboxylic acid groups (broad SMARTS) is 1. The second-order valence-electron chi connectivity index (χ2n) is 8.53. The van der Waals surface area contributed by atoms with Crippen molar-refractivity contribution in [3.8, 4) is 0 Å². The Morgan fingerprint density at radius 1 is 1.39 bits per heavy atom. The molecule has 216 valence electrons. The van der Waals surface area contributed by atoms with Crippen molar-refractivity contribution < 1.29 is 29.4 Å². The van der Waals surface area contributed by atoms with E-state index in [9.17, 15) is 24.6 Å². The van der Waals surface area contributed by atoms with Crippen LogP contribution in [0.2, 0.25) is 0 Å². The number of nitrogens with zero attached hydrogens (tertiary/aromatic N) is 6. The number of aliphatic hydroxyl groups excluding tert-OH is 1. The lowest BCUT2D eigenvalue weighted by Gasteiger charge is -2.49. The standard InChI is InChI=1S/C23H25N9O6S3/c1-2-38-28-15(18-26-23(24)41-29-18)19(34)25-16-20(35)32-17(22(36)37)12(11-40-21(16)32)5-10-39-13-3-4-14-30(8-9-33)6-7-31(14)27-13/h3-7,10,16,21,27,33H,2,8-9,11H2,1H3,(H,25,34)(H,36,37)(H2,24,26,29)/b10-5+,28-15-/t16-,21+/m1/s1. The number of rotatable bonds is 11. The fourth-order valence-corrected chi connectivity index (χ4v) is 6.62. The summed E-state index contributed by atoms with van der Waals surface area (Å²) >= 11 is 3.56. The van der Waals surface area contributed by atoms with Crippen LogP contribution in [0.25, 0.3) is 0 Å². The number of thioether (sulfide) groups is 2. The van der Waals surface area contributed by atoms with Gasteiger partial charge in [-0.25, -0.2) is 9.80 Å². The number of β-lactam (4-membered cyclic amide) rings is 1. The van der Waals surface area contributed by atoms with Crippen molar-refractivity contribution in [1.29, 1.82) is 0 Å². The van der Waals surface area contributed by atoms with Crippen LogP contribution in [0.3, 0.4) is 0 Å². The highest BCUT2D eigenvalue weighted by molar-refractivity contribution is 8.05. The number of allylic oxidation sites excluding steroid dienone is 3. The molecule has 4 aliphatic rings. The van der Waals surface area contributed by atoms with Gasteiger partial charge in [-0.1, -0.05) is 16.9 Å². The second-order valence-corrected chi connectivity index (χ2v) is 11.4. The van der Waals surface area contributed by atoms with Crippen LogP contribution < -0.4 is 16.5 Å². The first-order valence-corrected chi connectivity index (χ1v) is 14.9. The van der Waals surface area contributed by atoms with Gasteiger partial charge in [0, 0.05) is 36.2 Å². The molecule has 2 amide bonds. The molecule has 0 aliphatic carbocycles. The monoisotopic (exact) mass is 619 g/mol. The van der Waals surface area contributed by atoms with E-state index in [-0.39, 0.29) is 35.6 Å². The van der Waals surface area contributed by atoms with Crippen molar-refractivity contribution in [3.63, 3.8) is 0 Å². The fourth-order valence-electron chi connectivity index (χ4n) is 4.19. The summed E-state index contributed by atoms with van der Waals surface area (Å²) in [4.78, 5) is 50.3. The summed E-state index contributed by atoms with van der Waals surface area (Å²) in [5.41, 5.74) is 8.94. The zero-order chi connectivity index (χ0) is 29.1. The zero-order valence-corrected chi connectivity index (χ0v) is 23.9. The summed E-state index contributed by atoms with van der Waals surface area (Å²) in [7, 11) is 0. The van der Waals surface area contributed by atoms with Gasteiger partial charge >= 0.3 is 5.97 Å². The third-order valence-electron chi connectivity index (χ3n) is 6.00. The van der Waals surface area contributed by atoms with E-state index in [4.69, 9.17) is 10.6 Å². The number of β-amino-alcohol motifs (C(OH)–C–C–N with tert-alkyl or cyclic N) is 1. The number of nitrogen functional groups attached to an aromatic ring is 1. The van der Waals surface area contributed by atoms with Crippen LogP contribution in [0.5, 0.6) is 0 Å². The molecule has 0 aromatic carbocycles. The molecule has 0 radical (unpaired) electrons. The number of carboxylic acids is 1. The number of hydrogen-bond acceptors (Lipinski definition) is 15. The molecule has 2 atom stereocenters. The lowest BCUT2D eigenvalue weighted by Crippen LogP contribution is -2.71.